The summed E-state index contributed by atoms with van der Waals surface area (Å²) in [6.45, 7) is 1.65. The molecule has 2 aromatic rings. The number of rotatable bonds is 3. The zero-order valence-corrected chi connectivity index (χ0v) is 11.7. The Labute approximate surface area is 123 Å². The average molecular weight is 287 g/mol. The molecule has 0 aromatic heterocycles. The maximum atomic E-state index is 12.8. The fourth-order valence-electron chi connectivity index (χ4n) is 2.60. The fraction of sp³-hybridized carbons (Fsp3) is 0.294. The second-order valence-corrected chi connectivity index (χ2v) is 5.36. The van der Waals surface area contributed by atoms with E-state index in [1.807, 2.05) is 24.3 Å². The van der Waals surface area contributed by atoms with E-state index in [1.165, 1.54) is 12.1 Å². The van der Waals surface area contributed by atoms with Crippen LogP contribution in [-0.4, -0.2) is 18.2 Å². The van der Waals surface area contributed by atoms with Crippen LogP contribution in [0.15, 0.2) is 48.5 Å². The van der Waals surface area contributed by atoms with Crippen LogP contribution < -0.4 is 10.1 Å². The molecule has 3 nitrogen and oxygen atoms in total. The summed E-state index contributed by atoms with van der Waals surface area (Å²) in [6, 6.07) is 13.3. The number of hydrogen-bond acceptors (Lipinski definition) is 3. The van der Waals surface area contributed by atoms with E-state index < -0.39 is 5.60 Å². The van der Waals surface area contributed by atoms with E-state index in [0.717, 1.165) is 18.7 Å². The molecule has 1 fully saturated rings. The molecule has 2 aromatic carbocycles. The quantitative estimate of drug-likeness (QED) is 0.911. The fourth-order valence-corrected chi connectivity index (χ4v) is 2.60. The molecule has 0 saturated carbocycles. The van der Waals surface area contributed by atoms with Crippen molar-refractivity contribution >= 4 is 0 Å². The lowest BCUT2D eigenvalue weighted by Gasteiger charge is -2.33. The third-order valence-electron chi connectivity index (χ3n) is 3.87. The zero-order valence-electron chi connectivity index (χ0n) is 11.7. The molecular formula is C17H18FNO2. The highest BCUT2D eigenvalue weighted by Gasteiger charge is 2.30. The monoisotopic (exact) mass is 287 g/mol. The number of hydrogen-bond donors (Lipinski definition) is 2. The zero-order chi connectivity index (χ0) is 14.7. The number of benzene rings is 2. The lowest BCUT2D eigenvalue weighted by Crippen LogP contribution is -2.39. The molecule has 0 unspecified atom stereocenters. The van der Waals surface area contributed by atoms with Crippen molar-refractivity contribution in [3.8, 4) is 11.5 Å². The van der Waals surface area contributed by atoms with Gasteiger partial charge in [-0.2, -0.15) is 0 Å². The summed E-state index contributed by atoms with van der Waals surface area (Å²) >= 11 is 0. The molecular weight excluding hydrogens is 269 g/mol. The van der Waals surface area contributed by atoms with Crippen molar-refractivity contribution in [2.45, 2.75) is 18.4 Å². The van der Waals surface area contributed by atoms with Gasteiger partial charge in [0.05, 0.1) is 5.60 Å². The molecule has 4 heteroatoms. The van der Waals surface area contributed by atoms with Gasteiger partial charge in [-0.05, 0) is 67.9 Å². The highest BCUT2D eigenvalue weighted by atomic mass is 19.1. The summed E-state index contributed by atoms with van der Waals surface area (Å²) in [5, 5.41) is 13.9. The number of ether oxygens (including phenoxy) is 1. The molecule has 1 saturated heterocycles. The van der Waals surface area contributed by atoms with E-state index in [1.54, 1.807) is 12.1 Å². The molecule has 1 aliphatic heterocycles. The number of piperidine rings is 1. The summed E-state index contributed by atoms with van der Waals surface area (Å²) in [7, 11) is 0. The molecule has 0 radical (unpaired) electrons. The van der Waals surface area contributed by atoms with E-state index in [0.29, 0.717) is 24.3 Å². The molecule has 0 spiro atoms. The molecule has 3 rings (SSSR count). The van der Waals surface area contributed by atoms with Gasteiger partial charge in [0, 0.05) is 0 Å². The summed E-state index contributed by atoms with van der Waals surface area (Å²) in [5.74, 6) is 0.971. The third kappa shape index (κ3) is 3.23. The van der Waals surface area contributed by atoms with Crippen molar-refractivity contribution < 1.29 is 14.2 Å². The Bertz CT molecular complexity index is 589. The number of halogens is 1. The molecule has 1 heterocycles. The van der Waals surface area contributed by atoms with Crippen LogP contribution in [0.4, 0.5) is 4.39 Å². The van der Waals surface area contributed by atoms with Crippen LogP contribution >= 0.6 is 0 Å². The average Bonchev–Trinajstić information content (AvgIpc) is 2.51. The van der Waals surface area contributed by atoms with Crippen LogP contribution in [0, 0.1) is 5.82 Å². The van der Waals surface area contributed by atoms with Gasteiger partial charge >= 0.3 is 0 Å². The largest absolute Gasteiger partial charge is 0.457 e. The van der Waals surface area contributed by atoms with Gasteiger partial charge in [0.15, 0.2) is 0 Å². The van der Waals surface area contributed by atoms with Gasteiger partial charge < -0.3 is 15.2 Å². The minimum Gasteiger partial charge on any atom is -0.457 e. The molecule has 21 heavy (non-hydrogen) atoms. The van der Waals surface area contributed by atoms with Gasteiger partial charge in [-0.15, -0.1) is 0 Å². The first-order valence-corrected chi connectivity index (χ1v) is 7.13. The first-order chi connectivity index (χ1) is 10.2. The van der Waals surface area contributed by atoms with Gasteiger partial charge in [0.2, 0.25) is 0 Å². The molecule has 0 atom stereocenters. The molecule has 1 aliphatic rings. The Morgan fingerprint density at radius 1 is 0.905 bits per heavy atom. The Balaban J connectivity index is 1.73. The van der Waals surface area contributed by atoms with Crippen molar-refractivity contribution in [3.63, 3.8) is 0 Å². The molecule has 0 bridgehead atoms. The van der Waals surface area contributed by atoms with E-state index in [2.05, 4.69) is 5.32 Å². The minimum atomic E-state index is -0.750. The lowest BCUT2D eigenvalue weighted by molar-refractivity contribution is 0.00592. The topological polar surface area (TPSA) is 41.5 Å². The second kappa shape index (κ2) is 5.84. The van der Waals surface area contributed by atoms with Crippen LogP contribution in [0.2, 0.25) is 0 Å². The highest BCUT2D eigenvalue weighted by Crippen LogP contribution is 2.32. The van der Waals surface area contributed by atoms with Gasteiger partial charge in [-0.25, -0.2) is 4.39 Å². The summed E-state index contributed by atoms with van der Waals surface area (Å²) in [5.41, 5.74) is 0.162. The Morgan fingerprint density at radius 3 is 2.00 bits per heavy atom. The van der Waals surface area contributed by atoms with Crippen LogP contribution in [0.3, 0.4) is 0 Å². The van der Waals surface area contributed by atoms with E-state index in [4.69, 9.17) is 4.74 Å². The van der Waals surface area contributed by atoms with Gasteiger partial charge in [0.1, 0.15) is 17.3 Å². The molecule has 0 amide bonds. The Kier molecular flexibility index (Phi) is 3.90. The van der Waals surface area contributed by atoms with E-state index in [-0.39, 0.29) is 5.82 Å². The first-order valence-electron chi connectivity index (χ1n) is 7.13. The molecule has 0 aliphatic carbocycles. The Morgan fingerprint density at radius 2 is 1.43 bits per heavy atom. The van der Waals surface area contributed by atoms with Crippen molar-refractivity contribution in [1.29, 1.82) is 0 Å². The highest BCUT2D eigenvalue weighted by molar-refractivity contribution is 5.35. The van der Waals surface area contributed by atoms with E-state index in [9.17, 15) is 9.50 Å². The van der Waals surface area contributed by atoms with Gasteiger partial charge in [0.25, 0.3) is 0 Å². The van der Waals surface area contributed by atoms with Crippen molar-refractivity contribution in [1.82, 2.24) is 5.32 Å². The predicted octanol–water partition coefficient (Wildman–Crippen LogP) is 3.19. The standard InChI is InChI=1S/C17H18FNO2/c18-14-3-7-16(8-4-14)21-15-5-1-13(2-6-15)17(20)9-11-19-12-10-17/h1-8,19-20H,9-12H2. The predicted molar refractivity (Wildman–Crippen MR) is 78.9 cm³/mol. The maximum Gasteiger partial charge on any atom is 0.127 e. The van der Waals surface area contributed by atoms with Crippen molar-refractivity contribution in [2.24, 2.45) is 0 Å². The normalized spacial score (nSPS) is 17.4. The van der Waals surface area contributed by atoms with Crippen LogP contribution in [0.5, 0.6) is 11.5 Å². The maximum absolute atomic E-state index is 12.8. The number of nitrogens with one attached hydrogen (secondary N) is 1. The van der Waals surface area contributed by atoms with Crippen LogP contribution in [-0.2, 0) is 5.60 Å². The summed E-state index contributed by atoms with van der Waals surface area (Å²) < 4.78 is 18.5. The number of aliphatic hydroxyl groups is 1. The first kappa shape index (κ1) is 14.0. The smallest absolute Gasteiger partial charge is 0.127 e. The van der Waals surface area contributed by atoms with Crippen molar-refractivity contribution in [2.75, 3.05) is 13.1 Å². The molecule has 2 N–H and O–H groups in total. The van der Waals surface area contributed by atoms with Crippen molar-refractivity contribution in [3.05, 3.63) is 59.9 Å². The Hall–Kier alpha value is -1.91. The SMILES string of the molecule is OC1(c2ccc(Oc3ccc(F)cc3)cc2)CCNCC1. The minimum absolute atomic E-state index is 0.286. The summed E-state index contributed by atoms with van der Waals surface area (Å²) in [4.78, 5) is 0. The van der Waals surface area contributed by atoms with Gasteiger partial charge in [-0.3, -0.25) is 0 Å². The lowest BCUT2D eigenvalue weighted by atomic mass is 9.85. The third-order valence-corrected chi connectivity index (χ3v) is 3.87. The second-order valence-electron chi connectivity index (χ2n) is 5.36. The van der Waals surface area contributed by atoms with Crippen LogP contribution in [0.1, 0.15) is 18.4 Å². The summed E-state index contributed by atoms with van der Waals surface area (Å²) in [6.07, 6.45) is 1.43. The molecule has 110 valence electrons. The van der Waals surface area contributed by atoms with Crippen LogP contribution in [0.25, 0.3) is 0 Å². The van der Waals surface area contributed by atoms with E-state index >= 15 is 0 Å². The van der Waals surface area contributed by atoms with Gasteiger partial charge in [-0.1, -0.05) is 12.1 Å².